The quantitative estimate of drug-likeness (QED) is 0.0767. The largest absolute Gasteiger partial charge is 0.343 e. The van der Waals surface area contributed by atoms with Gasteiger partial charge in [-0.25, -0.2) is 0 Å². The first-order valence-electron chi connectivity index (χ1n) is 26.9. The molecule has 0 saturated carbocycles. The highest BCUT2D eigenvalue weighted by Crippen LogP contribution is 2.28. The Bertz CT molecular complexity index is 2270. The minimum atomic E-state index is -0.786. The summed E-state index contributed by atoms with van der Waals surface area (Å²) in [5.41, 5.74) is 1.34. The van der Waals surface area contributed by atoms with Crippen LogP contribution in [0.15, 0.2) is 84.9 Å². The van der Waals surface area contributed by atoms with Crippen LogP contribution in [0.3, 0.4) is 0 Å². The average molecular weight is 1050 g/mol. The van der Waals surface area contributed by atoms with Crippen molar-refractivity contribution in [3.8, 4) is 0 Å². The summed E-state index contributed by atoms with van der Waals surface area (Å²) in [7, 11) is 3.37. The summed E-state index contributed by atoms with van der Waals surface area (Å²) in [6.07, 6.45) is 3.94. The zero-order chi connectivity index (χ0) is 55.7. The van der Waals surface area contributed by atoms with Gasteiger partial charge in [0.1, 0.15) is 12.1 Å². The van der Waals surface area contributed by atoms with Crippen LogP contribution in [0.4, 0.5) is 0 Å². The van der Waals surface area contributed by atoms with Crippen LogP contribution in [0.25, 0.3) is 0 Å². The molecule has 0 aromatic heterocycles. The van der Waals surface area contributed by atoms with Crippen molar-refractivity contribution in [1.82, 2.24) is 51.5 Å². The van der Waals surface area contributed by atoms with Gasteiger partial charge >= 0.3 is 0 Å². The van der Waals surface area contributed by atoms with Crippen molar-refractivity contribution in [2.45, 2.75) is 130 Å². The van der Waals surface area contributed by atoms with Gasteiger partial charge in [0.25, 0.3) is 11.8 Å². The predicted octanol–water partition coefficient (Wildman–Crippen LogP) is 3.55. The minimum absolute atomic E-state index is 0.199. The van der Waals surface area contributed by atoms with Crippen molar-refractivity contribution < 1.29 is 38.4 Å². The Morgan fingerprint density at radius 3 is 1.20 bits per heavy atom. The number of carbonyl (C=O) groups is 8. The monoisotopic (exact) mass is 1050 g/mol. The van der Waals surface area contributed by atoms with Gasteiger partial charge in [-0.2, -0.15) is 0 Å². The van der Waals surface area contributed by atoms with Crippen LogP contribution in [-0.2, 0) is 41.6 Å². The lowest BCUT2D eigenvalue weighted by Gasteiger charge is -2.37. The van der Waals surface area contributed by atoms with Gasteiger partial charge < -0.3 is 51.5 Å². The number of carbonyl (C=O) groups excluding carboxylic acids is 8. The fourth-order valence-corrected chi connectivity index (χ4v) is 9.53. The molecule has 0 spiro atoms. The molecule has 2 fully saturated rings. The first-order valence-corrected chi connectivity index (χ1v) is 26.9. The molecule has 8 amide bonds. The molecule has 3 aromatic carbocycles. The molecule has 6 atom stereocenters. The number of benzene rings is 3. The Kier molecular flexibility index (Phi) is 22.1. The Hall–Kier alpha value is -6.66. The number of nitrogens with zero attached hydrogens (tertiary/aromatic N) is 4. The van der Waals surface area contributed by atoms with Crippen LogP contribution >= 0.6 is 0 Å². The zero-order valence-corrected chi connectivity index (χ0v) is 46.5. The van der Waals surface area contributed by atoms with Gasteiger partial charge in [-0.15, -0.1) is 0 Å². The predicted molar refractivity (Wildman–Crippen MR) is 294 cm³/mol. The number of hydrogen-bond donors (Lipinski definition) is 6. The number of likely N-dealkylation sites (tertiary alicyclic amines) is 2. The molecule has 0 aliphatic carbocycles. The third-order valence-corrected chi connectivity index (χ3v) is 14.6. The molecule has 2 aliphatic rings. The first kappa shape index (κ1) is 60.2. The average Bonchev–Trinajstić information content (AvgIpc) is 4.09. The number of hydrogen-bond acceptors (Lipinski definition) is 10. The summed E-state index contributed by atoms with van der Waals surface area (Å²) >= 11 is 0. The zero-order valence-electron chi connectivity index (χ0n) is 46.5. The second-order valence-corrected chi connectivity index (χ2v) is 22.4. The highest BCUT2D eigenvalue weighted by Gasteiger charge is 2.42. The van der Waals surface area contributed by atoms with Gasteiger partial charge in [-0.1, -0.05) is 102 Å². The molecule has 414 valence electrons. The van der Waals surface area contributed by atoms with Crippen LogP contribution in [0, 0.1) is 10.8 Å². The molecule has 3 aromatic rings. The molecule has 18 nitrogen and oxygen atoms in total. The lowest BCUT2D eigenvalue weighted by Crippen LogP contribution is -2.59. The second kappa shape index (κ2) is 27.9. The van der Waals surface area contributed by atoms with Gasteiger partial charge in [0.2, 0.25) is 35.4 Å². The highest BCUT2D eigenvalue weighted by atomic mass is 16.2. The van der Waals surface area contributed by atoms with Crippen LogP contribution in [0.2, 0.25) is 0 Å². The van der Waals surface area contributed by atoms with Gasteiger partial charge in [0.15, 0.2) is 0 Å². The van der Waals surface area contributed by atoms with E-state index in [9.17, 15) is 38.4 Å². The van der Waals surface area contributed by atoms with E-state index in [1.54, 1.807) is 47.5 Å². The Morgan fingerprint density at radius 2 is 0.882 bits per heavy atom. The molecule has 18 heteroatoms. The Balaban J connectivity index is 1.21. The maximum absolute atomic E-state index is 14.2. The van der Waals surface area contributed by atoms with Crippen LogP contribution < -0.4 is 31.9 Å². The number of likely N-dealkylation sites (N-methyl/N-ethyl adjacent to an activating group) is 2. The molecule has 2 saturated heterocycles. The molecule has 2 heterocycles. The highest BCUT2D eigenvalue weighted by molar-refractivity contribution is 6.00. The molecule has 0 radical (unpaired) electrons. The maximum atomic E-state index is 14.2. The van der Waals surface area contributed by atoms with E-state index in [-0.39, 0.29) is 84.8 Å². The molecule has 2 aliphatic heterocycles. The summed E-state index contributed by atoms with van der Waals surface area (Å²) in [4.78, 5) is 116. The van der Waals surface area contributed by atoms with Gasteiger partial charge in [0.05, 0.1) is 25.2 Å². The Labute approximate surface area is 450 Å². The van der Waals surface area contributed by atoms with Crippen molar-refractivity contribution in [3.63, 3.8) is 0 Å². The summed E-state index contributed by atoms with van der Waals surface area (Å²) in [5.74, 6) is -2.64. The van der Waals surface area contributed by atoms with Crippen LogP contribution in [0.1, 0.15) is 113 Å². The minimum Gasteiger partial charge on any atom is -0.343 e. The summed E-state index contributed by atoms with van der Waals surface area (Å²) in [5, 5.41) is 17.3. The third kappa shape index (κ3) is 17.2. The van der Waals surface area contributed by atoms with Crippen molar-refractivity contribution in [2.24, 2.45) is 10.8 Å². The van der Waals surface area contributed by atoms with Crippen molar-refractivity contribution in [1.29, 1.82) is 0 Å². The second-order valence-electron chi connectivity index (χ2n) is 22.4. The van der Waals surface area contributed by atoms with Crippen molar-refractivity contribution >= 4 is 47.3 Å². The maximum Gasteiger partial charge on any atom is 0.251 e. The van der Waals surface area contributed by atoms with Crippen LogP contribution in [-0.4, -0.2) is 170 Å². The fraction of sp³-hybridized carbons (Fsp3) is 0.552. The summed E-state index contributed by atoms with van der Waals surface area (Å²) in [6.45, 7) is 16.5. The van der Waals surface area contributed by atoms with Crippen molar-refractivity contribution in [3.05, 3.63) is 107 Å². The summed E-state index contributed by atoms with van der Waals surface area (Å²) in [6, 6.07) is 22.3. The number of amides is 8. The number of rotatable bonds is 24. The van der Waals surface area contributed by atoms with Gasteiger partial charge in [-0.3, -0.25) is 38.4 Å². The molecule has 76 heavy (non-hydrogen) atoms. The van der Waals surface area contributed by atoms with E-state index in [1.807, 2.05) is 102 Å². The third-order valence-electron chi connectivity index (χ3n) is 14.6. The lowest BCUT2D eigenvalue weighted by molar-refractivity contribution is -0.142. The van der Waals surface area contributed by atoms with E-state index >= 15 is 0 Å². The van der Waals surface area contributed by atoms with E-state index in [4.69, 9.17) is 0 Å². The normalized spacial score (nSPS) is 17.2. The first-order chi connectivity index (χ1) is 36.0. The standard InChI is InChI=1S/C58H84N10O8/c1-39(59-9)51(71)63-49(57(3,4)5)55(75)67-31-17-23-45(67)37-65(33-29-41-19-13-11-14-20-41)47(69)35-61-53(73)43-25-27-44(28-26-43)54(74)62-36-48(70)66(34-30-42-21-15-12-16-22-42)38-46-24-18-32-68(46)56(76)50(58(6,7)8)64-52(72)40(2)60-10/h11-16,19-22,25-28,39-40,45-46,49-50,59-60H,17-18,23-24,29-38H2,1-10H3,(H,61,73)(H,62,74)(H,63,71)(H,64,72)/t39-,40-,45-,46-,49+,50+/m0/s1. The van der Waals surface area contributed by atoms with E-state index in [0.29, 0.717) is 51.9 Å². The topological polar surface area (TPSA) is 222 Å². The molecular formula is C58H84N10O8. The summed E-state index contributed by atoms with van der Waals surface area (Å²) < 4.78 is 0. The molecule has 0 bridgehead atoms. The number of nitrogens with one attached hydrogen (secondary N) is 6. The molecule has 6 N–H and O–H groups in total. The molecule has 0 unspecified atom stereocenters. The van der Waals surface area contributed by atoms with E-state index in [1.165, 1.54) is 24.3 Å². The van der Waals surface area contributed by atoms with Crippen LogP contribution in [0.5, 0.6) is 0 Å². The van der Waals surface area contributed by atoms with Gasteiger partial charge in [-0.05, 0) is 113 Å². The van der Waals surface area contributed by atoms with E-state index in [0.717, 1.165) is 24.0 Å². The molecular weight excluding hydrogens is 965 g/mol. The lowest BCUT2D eigenvalue weighted by atomic mass is 9.85. The van der Waals surface area contributed by atoms with Crippen molar-refractivity contribution in [2.75, 3.05) is 66.5 Å². The van der Waals surface area contributed by atoms with E-state index in [2.05, 4.69) is 31.9 Å². The molecule has 5 rings (SSSR count). The Morgan fingerprint density at radius 1 is 0.539 bits per heavy atom. The smallest absolute Gasteiger partial charge is 0.251 e. The van der Waals surface area contributed by atoms with E-state index < -0.39 is 46.8 Å². The fourth-order valence-electron chi connectivity index (χ4n) is 9.53. The SMILES string of the molecule is CN[C@@H](C)C(=O)N[C@H](C(=O)N1CCC[C@H]1CN(CCc1ccccc1)C(=O)CNC(=O)c1ccc(C(=O)NCC(=O)N(CCc2ccccc2)C[C@@H]2CCCN2C(=O)[C@@H](NC(=O)[C@H](C)NC)C(C)(C)C)cc1)C(C)(C)C. The van der Waals surface area contributed by atoms with Gasteiger partial charge in [0, 0.05) is 62.5 Å².